The van der Waals surface area contributed by atoms with Crippen LogP contribution in [0.4, 0.5) is 11.4 Å². The molecular formula is C18H19N2+. The first-order valence-corrected chi connectivity index (χ1v) is 6.64. The van der Waals surface area contributed by atoms with Gasteiger partial charge in [0.2, 0.25) is 5.69 Å². The molecular weight excluding hydrogens is 244 g/mol. The van der Waals surface area contributed by atoms with Gasteiger partial charge in [-0.2, -0.15) is 0 Å². The Morgan fingerprint density at radius 2 is 1.60 bits per heavy atom. The lowest BCUT2D eigenvalue weighted by Gasteiger charge is -1.98. The maximum Gasteiger partial charge on any atom is 0.203 e. The Morgan fingerprint density at radius 1 is 0.950 bits per heavy atom. The van der Waals surface area contributed by atoms with E-state index < -0.39 is 0 Å². The van der Waals surface area contributed by atoms with E-state index in [1.807, 2.05) is 85.2 Å². The Morgan fingerprint density at radius 3 is 2.30 bits per heavy atom. The zero-order valence-electron chi connectivity index (χ0n) is 11.6. The SMILES string of the molecule is CC(/C=C/Nc1ccccc1)=C\C=[NH+]c1ccccc1. The number of rotatable bonds is 5. The van der Waals surface area contributed by atoms with Gasteiger partial charge in [-0.05, 0) is 30.7 Å². The molecule has 0 aliphatic carbocycles. The highest BCUT2D eigenvalue weighted by atomic mass is 14.8. The second kappa shape index (κ2) is 7.74. The third-order valence-corrected chi connectivity index (χ3v) is 2.74. The van der Waals surface area contributed by atoms with Crippen LogP contribution >= 0.6 is 0 Å². The molecule has 2 N–H and O–H groups in total. The molecule has 0 saturated carbocycles. The van der Waals surface area contributed by atoms with Crippen LogP contribution in [0.2, 0.25) is 0 Å². The van der Waals surface area contributed by atoms with Crippen LogP contribution in [0, 0.1) is 0 Å². The van der Waals surface area contributed by atoms with Gasteiger partial charge in [0.25, 0.3) is 0 Å². The first kappa shape index (κ1) is 13.8. The summed E-state index contributed by atoms with van der Waals surface area (Å²) in [5, 5.41) is 3.23. The summed E-state index contributed by atoms with van der Waals surface area (Å²) in [7, 11) is 0. The van der Waals surface area contributed by atoms with Crippen LogP contribution in [0.3, 0.4) is 0 Å². The number of nitrogens with one attached hydrogen (secondary N) is 2. The molecule has 100 valence electrons. The summed E-state index contributed by atoms with van der Waals surface area (Å²) in [6, 6.07) is 20.2. The van der Waals surface area contributed by atoms with Gasteiger partial charge in [0.1, 0.15) is 0 Å². The van der Waals surface area contributed by atoms with Crippen LogP contribution in [-0.2, 0) is 0 Å². The van der Waals surface area contributed by atoms with Crippen molar-refractivity contribution in [3.05, 3.63) is 84.6 Å². The molecule has 2 aromatic carbocycles. The van der Waals surface area contributed by atoms with Gasteiger partial charge in [0.15, 0.2) is 6.21 Å². The first-order valence-electron chi connectivity index (χ1n) is 6.64. The average Bonchev–Trinajstić information content (AvgIpc) is 2.49. The number of para-hydroxylation sites is 2. The van der Waals surface area contributed by atoms with Gasteiger partial charge >= 0.3 is 0 Å². The molecule has 0 fully saturated rings. The van der Waals surface area contributed by atoms with E-state index in [1.165, 1.54) is 0 Å². The second-order valence-corrected chi connectivity index (χ2v) is 4.43. The maximum absolute atomic E-state index is 3.23. The quantitative estimate of drug-likeness (QED) is 0.629. The monoisotopic (exact) mass is 263 g/mol. The minimum Gasteiger partial charge on any atom is -0.362 e. The Bertz CT molecular complexity index is 596. The summed E-state index contributed by atoms with van der Waals surface area (Å²) in [4.78, 5) is 3.23. The Hall–Kier alpha value is -2.61. The number of anilines is 1. The zero-order chi connectivity index (χ0) is 14.0. The second-order valence-electron chi connectivity index (χ2n) is 4.43. The largest absolute Gasteiger partial charge is 0.362 e. The summed E-state index contributed by atoms with van der Waals surface area (Å²) >= 11 is 0. The predicted octanol–water partition coefficient (Wildman–Crippen LogP) is 3.04. The van der Waals surface area contributed by atoms with Crippen LogP contribution in [-0.4, -0.2) is 6.21 Å². The third kappa shape index (κ3) is 4.94. The molecule has 2 aromatic rings. The molecule has 2 rings (SSSR count). The summed E-state index contributed by atoms with van der Waals surface area (Å²) in [5.41, 5.74) is 3.34. The molecule has 0 bridgehead atoms. The fourth-order valence-corrected chi connectivity index (χ4v) is 1.66. The molecule has 20 heavy (non-hydrogen) atoms. The van der Waals surface area contributed by atoms with E-state index in [0.29, 0.717) is 0 Å². The van der Waals surface area contributed by atoms with Crippen molar-refractivity contribution < 1.29 is 4.99 Å². The highest BCUT2D eigenvalue weighted by molar-refractivity contribution is 5.68. The molecule has 2 heteroatoms. The lowest BCUT2D eigenvalue weighted by molar-refractivity contribution is -0.346. The fourth-order valence-electron chi connectivity index (χ4n) is 1.66. The van der Waals surface area contributed by atoms with Gasteiger partial charge in [-0.3, -0.25) is 0 Å². The minimum absolute atomic E-state index is 1.09. The van der Waals surface area contributed by atoms with E-state index in [9.17, 15) is 0 Å². The van der Waals surface area contributed by atoms with Crippen molar-refractivity contribution >= 4 is 17.6 Å². The number of hydrogen-bond acceptors (Lipinski definition) is 1. The number of allylic oxidation sites excluding steroid dienone is 3. The summed E-state index contributed by atoms with van der Waals surface area (Å²) in [5.74, 6) is 0. The van der Waals surface area contributed by atoms with E-state index in [-0.39, 0.29) is 0 Å². The lowest BCUT2D eigenvalue weighted by atomic mass is 10.3. The lowest BCUT2D eigenvalue weighted by Crippen LogP contribution is -2.60. The van der Waals surface area contributed by atoms with Crippen LogP contribution in [0.15, 0.2) is 84.6 Å². The fraction of sp³-hybridized carbons (Fsp3) is 0.0556. The van der Waals surface area contributed by atoms with Crippen molar-refractivity contribution in [3.63, 3.8) is 0 Å². The van der Waals surface area contributed by atoms with E-state index in [0.717, 1.165) is 16.9 Å². The maximum atomic E-state index is 3.23. The van der Waals surface area contributed by atoms with Crippen molar-refractivity contribution in [1.82, 2.24) is 0 Å². The predicted molar refractivity (Wildman–Crippen MR) is 86.1 cm³/mol. The normalized spacial score (nSPS) is 12.2. The highest BCUT2D eigenvalue weighted by Crippen LogP contribution is 2.05. The molecule has 0 radical (unpaired) electrons. The van der Waals surface area contributed by atoms with Gasteiger partial charge < -0.3 is 5.32 Å². The molecule has 0 spiro atoms. The smallest absolute Gasteiger partial charge is 0.203 e. The van der Waals surface area contributed by atoms with E-state index in [1.54, 1.807) is 0 Å². The van der Waals surface area contributed by atoms with Crippen molar-refractivity contribution in [2.45, 2.75) is 6.92 Å². The molecule has 0 aliphatic heterocycles. The van der Waals surface area contributed by atoms with Gasteiger partial charge in [-0.25, -0.2) is 4.99 Å². The van der Waals surface area contributed by atoms with Crippen molar-refractivity contribution in [2.24, 2.45) is 0 Å². The summed E-state index contributed by atoms with van der Waals surface area (Å²) in [6.07, 6.45) is 7.96. The number of hydrogen-bond donors (Lipinski definition) is 2. The van der Waals surface area contributed by atoms with Crippen molar-refractivity contribution in [3.8, 4) is 0 Å². The molecule has 0 atom stereocenters. The minimum atomic E-state index is 1.09. The van der Waals surface area contributed by atoms with Gasteiger partial charge in [-0.1, -0.05) is 36.4 Å². The van der Waals surface area contributed by atoms with Crippen molar-refractivity contribution in [1.29, 1.82) is 0 Å². The first-order chi connectivity index (χ1) is 9.84. The zero-order valence-corrected chi connectivity index (χ0v) is 11.6. The van der Waals surface area contributed by atoms with Crippen LogP contribution < -0.4 is 10.3 Å². The highest BCUT2D eigenvalue weighted by Gasteiger charge is 1.89. The van der Waals surface area contributed by atoms with Crippen molar-refractivity contribution in [2.75, 3.05) is 5.32 Å². The summed E-state index contributed by atoms with van der Waals surface area (Å²) < 4.78 is 0. The molecule has 0 aromatic heterocycles. The topological polar surface area (TPSA) is 26.0 Å². The Balaban J connectivity index is 1.86. The molecule has 0 unspecified atom stereocenters. The number of benzene rings is 2. The summed E-state index contributed by atoms with van der Waals surface area (Å²) in [6.45, 7) is 2.06. The van der Waals surface area contributed by atoms with Gasteiger partial charge in [-0.15, -0.1) is 0 Å². The molecule has 0 heterocycles. The van der Waals surface area contributed by atoms with E-state index in [2.05, 4.69) is 17.2 Å². The molecule has 0 aliphatic rings. The third-order valence-electron chi connectivity index (χ3n) is 2.74. The van der Waals surface area contributed by atoms with E-state index >= 15 is 0 Å². The van der Waals surface area contributed by atoms with Gasteiger partial charge in [0, 0.05) is 30.1 Å². The molecule has 2 nitrogen and oxygen atoms in total. The van der Waals surface area contributed by atoms with Gasteiger partial charge in [0.05, 0.1) is 0 Å². The average molecular weight is 263 g/mol. The Labute approximate surface area is 120 Å². The van der Waals surface area contributed by atoms with Crippen LogP contribution in [0.1, 0.15) is 6.92 Å². The van der Waals surface area contributed by atoms with E-state index in [4.69, 9.17) is 0 Å². The van der Waals surface area contributed by atoms with Crippen LogP contribution in [0.5, 0.6) is 0 Å². The standard InChI is InChI=1S/C18H18N2/c1-16(12-14-19-17-8-4-2-5-9-17)13-15-20-18-10-6-3-7-11-18/h2-15,19H,1H3/p+1/b14-12+,16-13+,20-15?. The Kier molecular flexibility index (Phi) is 5.35. The molecule has 0 saturated heterocycles. The molecule has 0 amide bonds. The van der Waals surface area contributed by atoms with Crippen LogP contribution in [0.25, 0.3) is 0 Å².